The highest BCUT2D eigenvalue weighted by Gasteiger charge is 2.63. The Kier molecular flexibility index (Phi) is 5.52. The Morgan fingerprint density at radius 1 is 0.920 bits per heavy atom. The highest BCUT2D eigenvalue weighted by atomic mass is 16.5. The van der Waals surface area contributed by atoms with Crippen LogP contribution in [0.3, 0.4) is 0 Å². The minimum absolute atomic E-state index is 0.0930. The van der Waals surface area contributed by atoms with Crippen LogP contribution in [-0.2, 0) is 14.3 Å². The lowest BCUT2D eigenvalue weighted by Crippen LogP contribution is -2.70. The van der Waals surface area contributed by atoms with Crippen LogP contribution in [0, 0.1) is 0 Å². The largest absolute Gasteiger partial charge is 0.383 e. The van der Waals surface area contributed by atoms with Gasteiger partial charge in [-0.25, -0.2) is 4.79 Å². The van der Waals surface area contributed by atoms with E-state index in [0.29, 0.717) is 32.6 Å². The fourth-order valence-electron chi connectivity index (χ4n) is 4.91. The molecular formula is C18H33N3O4. The molecule has 0 bridgehead atoms. The molecule has 2 saturated heterocycles. The number of likely N-dealkylation sites (tertiary alicyclic amines) is 1. The van der Waals surface area contributed by atoms with Crippen LogP contribution in [0.1, 0.15) is 40.5 Å². The van der Waals surface area contributed by atoms with Crippen molar-refractivity contribution in [1.29, 1.82) is 0 Å². The van der Waals surface area contributed by atoms with Crippen LogP contribution in [0.4, 0.5) is 4.79 Å². The second kappa shape index (κ2) is 6.85. The lowest BCUT2D eigenvalue weighted by atomic mass is 9.68. The average molecular weight is 355 g/mol. The number of hydrogen-bond donors (Lipinski definition) is 0. The molecule has 0 aliphatic carbocycles. The smallest absolute Gasteiger partial charge is 0.327 e. The van der Waals surface area contributed by atoms with Crippen LogP contribution in [-0.4, -0.2) is 90.8 Å². The van der Waals surface area contributed by atoms with E-state index in [2.05, 4.69) is 32.6 Å². The van der Waals surface area contributed by atoms with Crippen molar-refractivity contribution in [3.8, 4) is 0 Å². The number of ether oxygens (including phenoxy) is 2. The van der Waals surface area contributed by atoms with Crippen molar-refractivity contribution < 1.29 is 19.1 Å². The normalized spacial score (nSPS) is 25.2. The number of imide groups is 1. The van der Waals surface area contributed by atoms with E-state index in [-0.39, 0.29) is 23.0 Å². The molecule has 2 aliphatic heterocycles. The third-order valence-corrected chi connectivity index (χ3v) is 5.75. The van der Waals surface area contributed by atoms with E-state index < -0.39 is 5.54 Å². The third kappa shape index (κ3) is 3.29. The van der Waals surface area contributed by atoms with E-state index in [4.69, 9.17) is 9.47 Å². The first-order valence-electron chi connectivity index (χ1n) is 8.89. The first kappa shape index (κ1) is 20.1. The summed E-state index contributed by atoms with van der Waals surface area (Å²) in [6.45, 7) is 10.7. The number of methoxy groups -OCH3 is 2. The molecule has 2 aliphatic rings. The van der Waals surface area contributed by atoms with Gasteiger partial charge < -0.3 is 14.4 Å². The molecule has 1 spiro atoms. The molecule has 144 valence electrons. The van der Waals surface area contributed by atoms with E-state index in [1.54, 1.807) is 26.2 Å². The van der Waals surface area contributed by atoms with Crippen LogP contribution < -0.4 is 0 Å². The number of carbonyl (C=O) groups excluding carboxylic acids is 2. The van der Waals surface area contributed by atoms with Crippen molar-refractivity contribution in [2.45, 2.75) is 57.2 Å². The van der Waals surface area contributed by atoms with Gasteiger partial charge in [-0.3, -0.25) is 14.6 Å². The van der Waals surface area contributed by atoms with Crippen molar-refractivity contribution in [2.75, 3.05) is 47.6 Å². The monoisotopic (exact) mass is 355 g/mol. The Labute approximate surface area is 151 Å². The van der Waals surface area contributed by atoms with Gasteiger partial charge in [0.2, 0.25) is 0 Å². The minimum atomic E-state index is -0.790. The Bertz CT molecular complexity index is 514. The molecule has 7 heteroatoms. The van der Waals surface area contributed by atoms with Gasteiger partial charge in [-0.2, -0.15) is 0 Å². The molecule has 0 unspecified atom stereocenters. The molecule has 0 N–H and O–H groups in total. The van der Waals surface area contributed by atoms with Crippen LogP contribution >= 0.6 is 0 Å². The van der Waals surface area contributed by atoms with Crippen molar-refractivity contribution in [3.05, 3.63) is 0 Å². The van der Waals surface area contributed by atoms with Gasteiger partial charge in [0, 0.05) is 38.9 Å². The molecular weight excluding hydrogens is 322 g/mol. The Morgan fingerprint density at radius 3 is 1.88 bits per heavy atom. The second-order valence-corrected chi connectivity index (χ2v) is 8.45. The molecule has 7 nitrogen and oxygen atoms in total. The predicted octanol–water partition coefficient (Wildman–Crippen LogP) is 1.57. The van der Waals surface area contributed by atoms with Crippen molar-refractivity contribution in [3.63, 3.8) is 0 Å². The molecule has 0 atom stereocenters. The molecule has 25 heavy (non-hydrogen) atoms. The molecule has 0 aromatic rings. The molecule has 0 aromatic carbocycles. The summed E-state index contributed by atoms with van der Waals surface area (Å²) in [6.07, 6.45) is 1.22. The predicted molar refractivity (Wildman–Crippen MR) is 95.5 cm³/mol. The molecule has 2 fully saturated rings. The van der Waals surface area contributed by atoms with Gasteiger partial charge in [-0.05, 0) is 40.5 Å². The first-order valence-corrected chi connectivity index (χ1v) is 8.89. The maximum Gasteiger partial charge on any atom is 0.327 e. The van der Waals surface area contributed by atoms with Crippen LogP contribution in [0.15, 0.2) is 0 Å². The second-order valence-electron chi connectivity index (χ2n) is 8.45. The van der Waals surface area contributed by atoms with E-state index in [1.165, 1.54) is 4.90 Å². The zero-order valence-corrected chi connectivity index (χ0v) is 16.7. The maximum absolute atomic E-state index is 13.3. The van der Waals surface area contributed by atoms with Crippen molar-refractivity contribution >= 4 is 11.9 Å². The standard InChI is InChI=1S/C18H33N3O4/c1-16(2)12-18(13-17(3,4)21(16)9-11-25-7)14(22)20(8-10-24-6)15(23)19(18)5/h8-13H2,1-7H3. The summed E-state index contributed by atoms with van der Waals surface area (Å²) < 4.78 is 10.3. The Morgan fingerprint density at radius 2 is 1.40 bits per heavy atom. The van der Waals surface area contributed by atoms with Gasteiger partial charge in [0.15, 0.2) is 0 Å². The fourth-order valence-corrected chi connectivity index (χ4v) is 4.91. The van der Waals surface area contributed by atoms with E-state index >= 15 is 0 Å². The number of amides is 3. The lowest BCUT2D eigenvalue weighted by molar-refractivity contribution is -0.147. The molecule has 2 heterocycles. The Balaban J connectivity index is 2.36. The molecule has 0 aromatic heterocycles. The van der Waals surface area contributed by atoms with Crippen LogP contribution in [0.5, 0.6) is 0 Å². The third-order valence-electron chi connectivity index (χ3n) is 5.75. The number of likely N-dealkylation sites (N-methyl/N-ethyl adjacent to an activating group) is 1. The lowest BCUT2D eigenvalue weighted by Gasteiger charge is -2.59. The molecule has 0 radical (unpaired) electrons. The number of nitrogens with zero attached hydrogens (tertiary/aromatic N) is 3. The fraction of sp³-hybridized carbons (Fsp3) is 0.889. The highest BCUT2D eigenvalue weighted by molar-refractivity contribution is 6.07. The summed E-state index contributed by atoms with van der Waals surface area (Å²) in [7, 11) is 5.03. The highest BCUT2D eigenvalue weighted by Crippen LogP contribution is 2.48. The van der Waals surface area contributed by atoms with Crippen molar-refractivity contribution in [2.24, 2.45) is 0 Å². The quantitative estimate of drug-likeness (QED) is 0.677. The summed E-state index contributed by atoms with van der Waals surface area (Å²) >= 11 is 0. The van der Waals surface area contributed by atoms with Gasteiger partial charge in [-0.1, -0.05) is 0 Å². The molecule has 0 saturated carbocycles. The number of rotatable bonds is 6. The number of carbonyl (C=O) groups is 2. The van der Waals surface area contributed by atoms with E-state index in [9.17, 15) is 9.59 Å². The number of urea groups is 1. The average Bonchev–Trinajstić information content (AvgIpc) is 2.65. The molecule has 3 amide bonds. The summed E-state index contributed by atoms with van der Waals surface area (Å²) in [6, 6.07) is -0.223. The van der Waals surface area contributed by atoms with E-state index in [1.807, 2.05) is 0 Å². The van der Waals surface area contributed by atoms with Gasteiger partial charge in [-0.15, -0.1) is 0 Å². The molecule has 2 rings (SSSR count). The summed E-state index contributed by atoms with van der Waals surface area (Å²) in [5.74, 6) is -0.0930. The van der Waals surface area contributed by atoms with E-state index in [0.717, 1.165) is 6.54 Å². The summed E-state index contributed by atoms with van der Waals surface area (Å²) in [4.78, 5) is 31.4. The van der Waals surface area contributed by atoms with Gasteiger partial charge in [0.25, 0.3) is 5.91 Å². The van der Waals surface area contributed by atoms with Gasteiger partial charge in [0.1, 0.15) is 5.54 Å². The zero-order valence-electron chi connectivity index (χ0n) is 16.7. The van der Waals surface area contributed by atoms with Crippen molar-refractivity contribution in [1.82, 2.24) is 14.7 Å². The van der Waals surface area contributed by atoms with Gasteiger partial charge in [0.05, 0.1) is 19.8 Å². The first-order chi connectivity index (χ1) is 11.5. The SMILES string of the molecule is COCCN1C(=O)N(C)C2(CC(C)(C)N(CCOC)C(C)(C)C2)C1=O. The zero-order chi connectivity index (χ0) is 19.0. The minimum Gasteiger partial charge on any atom is -0.383 e. The maximum atomic E-state index is 13.3. The van der Waals surface area contributed by atoms with Crippen LogP contribution in [0.25, 0.3) is 0 Å². The number of hydrogen-bond acceptors (Lipinski definition) is 5. The summed E-state index contributed by atoms with van der Waals surface area (Å²) in [5, 5.41) is 0. The number of piperidine rings is 1. The van der Waals surface area contributed by atoms with Crippen LogP contribution in [0.2, 0.25) is 0 Å². The topological polar surface area (TPSA) is 62.3 Å². The summed E-state index contributed by atoms with van der Waals surface area (Å²) in [5.41, 5.74) is -1.26. The van der Waals surface area contributed by atoms with Gasteiger partial charge >= 0.3 is 6.03 Å². The Hall–Kier alpha value is -1.18.